The maximum absolute atomic E-state index is 13.0. The van der Waals surface area contributed by atoms with Crippen LogP contribution in [0.15, 0.2) is 29.1 Å². The maximum atomic E-state index is 13.0. The third-order valence-electron chi connectivity index (χ3n) is 4.34. The Labute approximate surface area is 180 Å². The van der Waals surface area contributed by atoms with Gasteiger partial charge in [-0.1, -0.05) is 11.6 Å². The highest BCUT2D eigenvalue weighted by molar-refractivity contribution is 6.31. The Bertz CT molecular complexity index is 1070. The van der Waals surface area contributed by atoms with Crippen molar-refractivity contribution in [3.05, 3.63) is 45.5 Å². The van der Waals surface area contributed by atoms with Crippen molar-refractivity contribution in [3.63, 3.8) is 0 Å². The number of benzene rings is 1. The first kappa shape index (κ1) is 24.2. The number of carbonyl (C=O) groups excluding carboxylic acids is 2. The predicted molar refractivity (Wildman–Crippen MR) is 108 cm³/mol. The molecule has 2 amide bonds. The van der Waals surface area contributed by atoms with Gasteiger partial charge in [-0.05, 0) is 39.0 Å². The molecule has 1 aromatic heterocycles. The number of aromatic nitrogens is 2. The number of hydrogen-bond donors (Lipinski definition) is 2. The van der Waals surface area contributed by atoms with Crippen molar-refractivity contribution in [2.24, 2.45) is 0 Å². The molecule has 0 atom stereocenters. The minimum Gasteiger partial charge on any atom is -0.453 e. The molecule has 0 saturated carbocycles. The molecular formula is C19H20ClF3N4O4. The summed E-state index contributed by atoms with van der Waals surface area (Å²) in [5.41, 5.74) is -2.38. The van der Waals surface area contributed by atoms with Crippen LogP contribution in [0, 0.1) is 6.92 Å². The Kier molecular flexibility index (Phi) is 6.99. The number of alkyl halides is 3. The fraction of sp³-hybridized carbons (Fsp3) is 0.368. The molecule has 0 fully saturated rings. The van der Waals surface area contributed by atoms with E-state index in [1.165, 1.54) is 32.2 Å². The van der Waals surface area contributed by atoms with Gasteiger partial charge in [-0.25, -0.2) is 9.78 Å². The van der Waals surface area contributed by atoms with E-state index in [1.54, 1.807) is 0 Å². The summed E-state index contributed by atoms with van der Waals surface area (Å²) in [6.07, 6.45) is -5.43. The first-order valence-corrected chi connectivity index (χ1v) is 9.24. The zero-order valence-electron chi connectivity index (χ0n) is 17.1. The van der Waals surface area contributed by atoms with Crippen LogP contribution >= 0.6 is 11.6 Å². The van der Waals surface area contributed by atoms with Gasteiger partial charge in [-0.15, -0.1) is 0 Å². The Balaban J connectivity index is 2.37. The van der Waals surface area contributed by atoms with E-state index in [-0.39, 0.29) is 17.2 Å². The highest BCUT2D eigenvalue weighted by Crippen LogP contribution is 2.30. The number of hydrogen-bond acceptors (Lipinski definition) is 5. The molecule has 0 aliphatic heterocycles. The number of aryl methyl sites for hydroxylation is 1. The van der Waals surface area contributed by atoms with Crippen molar-refractivity contribution in [2.45, 2.75) is 39.0 Å². The van der Waals surface area contributed by atoms with Crippen LogP contribution in [0.2, 0.25) is 5.02 Å². The summed E-state index contributed by atoms with van der Waals surface area (Å²) in [6.45, 7) is 2.41. The second-order valence-corrected chi connectivity index (χ2v) is 7.53. The molecule has 12 heteroatoms. The van der Waals surface area contributed by atoms with Crippen LogP contribution in [0.5, 0.6) is 0 Å². The molecule has 0 aliphatic carbocycles. The summed E-state index contributed by atoms with van der Waals surface area (Å²) in [5.74, 6) is -0.914. The van der Waals surface area contributed by atoms with E-state index in [4.69, 9.17) is 11.6 Å². The molecular weight excluding hydrogens is 441 g/mol. The third-order valence-corrected chi connectivity index (χ3v) is 4.58. The van der Waals surface area contributed by atoms with Gasteiger partial charge < -0.3 is 10.1 Å². The molecule has 0 spiro atoms. The summed E-state index contributed by atoms with van der Waals surface area (Å²) in [7, 11) is 1.17. The van der Waals surface area contributed by atoms with Gasteiger partial charge in [0, 0.05) is 16.7 Å². The molecule has 2 N–H and O–H groups in total. The van der Waals surface area contributed by atoms with Crippen molar-refractivity contribution in [3.8, 4) is 11.3 Å². The van der Waals surface area contributed by atoms with E-state index in [0.717, 1.165) is 24.5 Å². The fourth-order valence-electron chi connectivity index (χ4n) is 2.56. The molecule has 0 unspecified atom stereocenters. The zero-order valence-corrected chi connectivity index (χ0v) is 17.8. The number of ether oxygens (including phenoxy) is 1. The minimum atomic E-state index is -4.66. The molecule has 0 aliphatic rings. The minimum absolute atomic E-state index is 0.0847. The van der Waals surface area contributed by atoms with E-state index in [0.29, 0.717) is 10.6 Å². The Morgan fingerprint density at radius 1 is 1.23 bits per heavy atom. The van der Waals surface area contributed by atoms with Crippen LogP contribution in [0.4, 0.5) is 23.7 Å². The lowest BCUT2D eigenvalue weighted by Gasteiger charge is -2.29. The summed E-state index contributed by atoms with van der Waals surface area (Å²) in [5, 5.41) is 4.63. The van der Waals surface area contributed by atoms with Crippen LogP contribution in [0.25, 0.3) is 11.3 Å². The molecule has 2 rings (SSSR count). The highest BCUT2D eigenvalue weighted by Gasteiger charge is 2.48. The van der Waals surface area contributed by atoms with Crippen LogP contribution in [0.1, 0.15) is 19.7 Å². The van der Waals surface area contributed by atoms with E-state index in [9.17, 15) is 27.6 Å². The highest BCUT2D eigenvalue weighted by atomic mass is 35.5. The number of carbonyl (C=O) groups is 2. The number of halogens is 4. The molecule has 0 radical (unpaired) electrons. The van der Waals surface area contributed by atoms with Crippen molar-refractivity contribution in [1.29, 1.82) is 0 Å². The van der Waals surface area contributed by atoms with E-state index in [2.05, 4.69) is 15.0 Å². The molecule has 0 saturated heterocycles. The average molecular weight is 461 g/mol. The number of rotatable bonds is 5. The van der Waals surface area contributed by atoms with Crippen molar-refractivity contribution < 1.29 is 27.5 Å². The number of nitrogens with zero attached hydrogens (tertiary/aromatic N) is 2. The van der Waals surface area contributed by atoms with E-state index >= 15 is 0 Å². The smallest absolute Gasteiger partial charge is 0.411 e. The van der Waals surface area contributed by atoms with Crippen molar-refractivity contribution >= 4 is 29.3 Å². The summed E-state index contributed by atoms with van der Waals surface area (Å²) < 4.78 is 44.4. The number of anilines is 1. The number of methoxy groups -OCH3 is 1. The second kappa shape index (κ2) is 8.96. The quantitative estimate of drug-likeness (QED) is 0.711. The summed E-state index contributed by atoms with van der Waals surface area (Å²) in [6, 6.07) is 5.58. The Hall–Kier alpha value is -3.08. The van der Waals surface area contributed by atoms with Gasteiger partial charge in [-0.2, -0.15) is 13.2 Å². The fourth-order valence-corrected chi connectivity index (χ4v) is 2.73. The molecule has 0 bridgehead atoms. The lowest BCUT2D eigenvalue weighted by molar-refractivity contribution is -0.188. The summed E-state index contributed by atoms with van der Waals surface area (Å²) >= 11 is 5.96. The number of amides is 2. The topological polar surface area (TPSA) is 102 Å². The zero-order chi connectivity index (χ0) is 23.6. The second-order valence-electron chi connectivity index (χ2n) is 7.09. The van der Waals surface area contributed by atoms with Gasteiger partial charge in [0.2, 0.25) is 5.91 Å². The van der Waals surface area contributed by atoms with Crippen LogP contribution in [0.3, 0.4) is 0 Å². The average Bonchev–Trinajstić information content (AvgIpc) is 2.63. The molecule has 8 nitrogen and oxygen atoms in total. The van der Waals surface area contributed by atoms with Crippen molar-refractivity contribution in [2.75, 3.05) is 12.4 Å². The summed E-state index contributed by atoms with van der Waals surface area (Å²) in [4.78, 5) is 40.5. The van der Waals surface area contributed by atoms with Gasteiger partial charge in [0.05, 0.1) is 18.5 Å². The Morgan fingerprint density at radius 3 is 2.42 bits per heavy atom. The molecule has 168 valence electrons. The molecule has 2 aromatic rings. The maximum Gasteiger partial charge on any atom is 0.411 e. The van der Waals surface area contributed by atoms with Gasteiger partial charge in [0.15, 0.2) is 0 Å². The number of nitrogens with one attached hydrogen (secondary N) is 2. The monoisotopic (exact) mass is 460 g/mol. The van der Waals surface area contributed by atoms with Gasteiger partial charge in [0.1, 0.15) is 17.9 Å². The van der Waals surface area contributed by atoms with Crippen LogP contribution in [-0.4, -0.2) is 40.4 Å². The normalized spacial score (nSPS) is 11.7. The van der Waals surface area contributed by atoms with Gasteiger partial charge in [-0.3, -0.25) is 19.5 Å². The largest absolute Gasteiger partial charge is 0.453 e. The third kappa shape index (κ3) is 5.75. The SMILES string of the molecule is COC(=O)Nc1cc(Cl)ccc1-c1cc(=O)n(CC(=O)NC(C)(C)C(F)(F)F)c(C)n1. The first-order valence-electron chi connectivity index (χ1n) is 8.86. The standard InChI is InChI=1S/C19H20ClF3N4O4/c1-10-24-14(12-6-5-11(20)7-13(12)25-17(30)31-4)8-16(29)27(10)9-15(28)26-18(2,3)19(21,22)23/h5-8H,9H2,1-4H3,(H,25,30)(H,26,28). The molecule has 31 heavy (non-hydrogen) atoms. The first-order chi connectivity index (χ1) is 14.2. The van der Waals surface area contributed by atoms with E-state index in [1.807, 2.05) is 5.32 Å². The van der Waals surface area contributed by atoms with Crippen LogP contribution < -0.4 is 16.2 Å². The van der Waals surface area contributed by atoms with E-state index < -0.39 is 35.8 Å². The van der Waals surface area contributed by atoms with Crippen molar-refractivity contribution in [1.82, 2.24) is 14.9 Å². The van der Waals surface area contributed by atoms with Gasteiger partial charge in [0.25, 0.3) is 5.56 Å². The lowest BCUT2D eigenvalue weighted by atomic mass is 10.1. The molecule has 1 aromatic carbocycles. The molecule has 1 heterocycles. The Morgan fingerprint density at radius 2 is 1.87 bits per heavy atom. The predicted octanol–water partition coefficient (Wildman–Crippen LogP) is 3.51. The van der Waals surface area contributed by atoms with Crippen LogP contribution in [-0.2, 0) is 16.1 Å². The van der Waals surface area contributed by atoms with Gasteiger partial charge >= 0.3 is 12.3 Å². The lowest BCUT2D eigenvalue weighted by Crippen LogP contribution is -2.55.